The minimum Gasteiger partial charge on any atom is -0.506 e. The summed E-state index contributed by atoms with van der Waals surface area (Å²) in [7, 11) is -2.01. The third-order valence-electron chi connectivity index (χ3n) is 5.33. The summed E-state index contributed by atoms with van der Waals surface area (Å²) >= 11 is 14.0. The molecular formula is C23H29Br4O4P. The van der Waals surface area contributed by atoms with Crippen LogP contribution in [0.5, 0.6) is 11.5 Å². The molecule has 0 fully saturated rings. The first-order valence-electron chi connectivity index (χ1n) is 10.6. The lowest BCUT2D eigenvalue weighted by atomic mass is 9.78. The van der Waals surface area contributed by atoms with Crippen LogP contribution in [-0.2, 0) is 9.94 Å². The molecule has 2 aromatic carbocycles. The van der Waals surface area contributed by atoms with E-state index in [0.29, 0.717) is 21.3 Å². The van der Waals surface area contributed by atoms with Crippen molar-refractivity contribution in [2.24, 2.45) is 0 Å². The molecule has 0 aliphatic heterocycles. The lowest BCUT2D eigenvalue weighted by molar-refractivity contribution is 0.253. The van der Waals surface area contributed by atoms with Gasteiger partial charge in [-0.15, -0.1) is 0 Å². The molecule has 32 heavy (non-hydrogen) atoms. The molecule has 178 valence electrons. The van der Waals surface area contributed by atoms with Crippen LogP contribution in [0.2, 0.25) is 0 Å². The van der Waals surface area contributed by atoms with Crippen LogP contribution < -0.4 is 4.52 Å². The minimum atomic E-state index is -2.01. The van der Waals surface area contributed by atoms with Crippen molar-refractivity contribution in [2.45, 2.75) is 64.7 Å². The fourth-order valence-corrected chi connectivity index (χ4v) is 6.71. The summed E-state index contributed by atoms with van der Waals surface area (Å²) in [6, 6.07) is 7.78. The number of phenolic OH excluding ortho intramolecular Hbond substituents is 1. The summed E-state index contributed by atoms with van der Waals surface area (Å²) in [5.41, 5.74) is 1.69. The first-order valence-corrected chi connectivity index (χ1v) is 14.9. The minimum absolute atomic E-state index is 0.174. The van der Waals surface area contributed by atoms with E-state index in [1.54, 1.807) is 0 Å². The number of benzene rings is 2. The molecule has 0 saturated carbocycles. The second-order valence-electron chi connectivity index (χ2n) is 8.11. The molecular weight excluding hydrogens is 691 g/mol. The maximum atomic E-state index is 10.2. The Hall–Kier alpha value is 0.310. The molecule has 0 saturated heterocycles. The van der Waals surface area contributed by atoms with Crippen LogP contribution in [0.25, 0.3) is 0 Å². The Kier molecular flexibility index (Phi) is 12.0. The molecule has 0 aliphatic carbocycles. The molecule has 2 aromatic rings. The first-order chi connectivity index (χ1) is 15.1. The lowest BCUT2D eigenvalue weighted by Gasteiger charge is -2.28. The standard InChI is InChI=1S/C23H29Br4O4P/c1-4-5-6-7-8-9-10-30-32(29)31-22-19(26)13-16(14-20(22)27)23(2,3)15-11-17(24)21(28)18(25)12-15/h11-14,28-29H,4-10H2,1-3H3. The Morgan fingerprint density at radius 3 is 1.81 bits per heavy atom. The summed E-state index contributed by atoms with van der Waals surface area (Å²) in [4.78, 5) is 10.2. The van der Waals surface area contributed by atoms with Crippen molar-refractivity contribution in [3.63, 3.8) is 0 Å². The first kappa shape index (κ1) is 28.5. The lowest BCUT2D eigenvalue weighted by Crippen LogP contribution is -2.19. The number of rotatable bonds is 12. The Labute approximate surface area is 226 Å². The van der Waals surface area contributed by atoms with Crippen LogP contribution in [0.15, 0.2) is 42.2 Å². The maximum absolute atomic E-state index is 10.2. The SMILES string of the molecule is CCCCCCCCOP(O)Oc1c(Br)cc(C(C)(C)c2cc(Br)c(O)c(Br)c2)cc1Br. The van der Waals surface area contributed by atoms with Crippen molar-refractivity contribution in [3.05, 3.63) is 53.3 Å². The number of halogens is 4. The average molecular weight is 720 g/mol. The highest BCUT2D eigenvalue weighted by molar-refractivity contribution is 9.11. The quantitative estimate of drug-likeness (QED) is 0.170. The van der Waals surface area contributed by atoms with Crippen LogP contribution in [-0.4, -0.2) is 16.6 Å². The second-order valence-corrected chi connectivity index (χ2v) is 12.4. The predicted molar refractivity (Wildman–Crippen MR) is 147 cm³/mol. The highest BCUT2D eigenvalue weighted by Gasteiger charge is 2.27. The van der Waals surface area contributed by atoms with E-state index in [2.05, 4.69) is 84.5 Å². The summed E-state index contributed by atoms with van der Waals surface area (Å²) in [5, 5.41) is 10.0. The van der Waals surface area contributed by atoms with Gasteiger partial charge in [0.15, 0.2) is 5.75 Å². The van der Waals surface area contributed by atoms with Gasteiger partial charge in [0.2, 0.25) is 0 Å². The molecule has 9 heteroatoms. The van der Waals surface area contributed by atoms with Gasteiger partial charge in [-0.05, 0) is 106 Å². The highest BCUT2D eigenvalue weighted by atomic mass is 79.9. The van der Waals surface area contributed by atoms with Crippen molar-refractivity contribution in [2.75, 3.05) is 6.61 Å². The molecule has 0 radical (unpaired) electrons. The Morgan fingerprint density at radius 1 is 0.812 bits per heavy atom. The summed E-state index contributed by atoms with van der Waals surface area (Å²) in [5.74, 6) is 0.682. The molecule has 0 heterocycles. The van der Waals surface area contributed by atoms with Gasteiger partial charge in [-0.25, -0.2) is 0 Å². The van der Waals surface area contributed by atoms with E-state index in [4.69, 9.17) is 9.05 Å². The van der Waals surface area contributed by atoms with Crippen LogP contribution in [0.4, 0.5) is 0 Å². The Balaban J connectivity index is 2.06. The molecule has 0 amide bonds. The molecule has 0 spiro atoms. The van der Waals surface area contributed by atoms with Gasteiger partial charge < -0.3 is 19.0 Å². The van der Waals surface area contributed by atoms with Crippen LogP contribution >= 0.6 is 72.3 Å². The fourth-order valence-electron chi connectivity index (χ4n) is 3.23. The van der Waals surface area contributed by atoms with E-state index < -0.39 is 8.60 Å². The number of aromatic hydroxyl groups is 1. The van der Waals surface area contributed by atoms with Crippen molar-refractivity contribution in [1.82, 2.24) is 0 Å². The van der Waals surface area contributed by atoms with Crippen molar-refractivity contribution in [3.8, 4) is 11.5 Å². The van der Waals surface area contributed by atoms with E-state index in [1.165, 1.54) is 25.7 Å². The third kappa shape index (κ3) is 7.93. The van der Waals surface area contributed by atoms with Gasteiger partial charge >= 0.3 is 8.60 Å². The van der Waals surface area contributed by atoms with Crippen molar-refractivity contribution >= 4 is 72.3 Å². The van der Waals surface area contributed by atoms with Crippen molar-refractivity contribution in [1.29, 1.82) is 0 Å². The fraction of sp³-hybridized carbons (Fsp3) is 0.478. The van der Waals surface area contributed by atoms with Gasteiger partial charge in [-0.3, -0.25) is 0 Å². The van der Waals surface area contributed by atoms with Crippen molar-refractivity contribution < 1.29 is 19.0 Å². The van der Waals surface area contributed by atoms with E-state index >= 15 is 0 Å². The summed E-state index contributed by atoms with van der Waals surface area (Å²) in [6.07, 6.45) is 6.97. The van der Waals surface area contributed by atoms with Crippen LogP contribution in [0.3, 0.4) is 0 Å². The highest BCUT2D eigenvalue weighted by Crippen LogP contribution is 2.47. The van der Waals surface area contributed by atoms with Gasteiger partial charge in [0.1, 0.15) is 5.75 Å². The number of hydrogen-bond acceptors (Lipinski definition) is 4. The van der Waals surface area contributed by atoms with Gasteiger partial charge in [-0.1, -0.05) is 52.9 Å². The van der Waals surface area contributed by atoms with Gasteiger partial charge in [-0.2, -0.15) is 0 Å². The number of hydrogen-bond donors (Lipinski definition) is 2. The topological polar surface area (TPSA) is 58.9 Å². The zero-order valence-electron chi connectivity index (χ0n) is 18.4. The molecule has 1 unspecified atom stereocenters. The van der Waals surface area contributed by atoms with Crippen LogP contribution in [0, 0.1) is 0 Å². The Bertz CT molecular complexity index is 862. The zero-order valence-corrected chi connectivity index (χ0v) is 25.7. The maximum Gasteiger partial charge on any atom is 0.394 e. The van der Waals surface area contributed by atoms with E-state index in [9.17, 15) is 10.00 Å². The van der Waals surface area contributed by atoms with E-state index in [1.807, 2.05) is 24.3 Å². The van der Waals surface area contributed by atoms with E-state index in [-0.39, 0.29) is 11.2 Å². The molecule has 2 N–H and O–H groups in total. The predicted octanol–water partition coefficient (Wildman–Crippen LogP) is 9.74. The molecule has 2 rings (SSSR count). The Morgan fingerprint density at radius 2 is 1.28 bits per heavy atom. The van der Waals surface area contributed by atoms with Gasteiger partial charge in [0.25, 0.3) is 0 Å². The monoisotopic (exact) mass is 716 g/mol. The second kappa shape index (κ2) is 13.4. The van der Waals surface area contributed by atoms with Gasteiger partial charge in [0.05, 0.1) is 24.5 Å². The molecule has 0 aromatic heterocycles. The zero-order chi connectivity index (χ0) is 23.9. The smallest absolute Gasteiger partial charge is 0.394 e. The van der Waals surface area contributed by atoms with Gasteiger partial charge in [0, 0.05) is 5.41 Å². The molecule has 1 atom stereocenters. The number of unbranched alkanes of at least 4 members (excludes halogenated alkanes) is 5. The summed E-state index contributed by atoms with van der Waals surface area (Å²) < 4.78 is 13.9. The normalized spacial score (nSPS) is 12.8. The molecule has 0 bridgehead atoms. The summed E-state index contributed by atoms with van der Waals surface area (Å²) in [6.45, 7) is 6.90. The third-order valence-corrected chi connectivity index (χ3v) is 8.46. The number of phenols is 1. The van der Waals surface area contributed by atoms with Crippen LogP contribution in [0.1, 0.15) is 70.4 Å². The largest absolute Gasteiger partial charge is 0.506 e. The van der Waals surface area contributed by atoms with E-state index in [0.717, 1.165) is 32.9 Å². The molecule has 0 aliphatic rings. The average Bonchev–Trinajstić information content (AvgIpc) is 2.73. The molecule has 4 nitrogen and oxygen atoms in total.